The predicted octanol–water partition coefficient (Wildman–Crippen LogP) is 3.31. The Morgan fingerprint density at radius 2 is 1.80 bits per heavy atom. The first-order valence-corrected chi connectivity index (χ1v) is 6.37. The zero-order chi connectivity index (χ0) is 14.7. The molecule has 106 valence electrons. The third-order valence-corrected chi connectivity index (χ3v) is 3.22. The second kappa shape index (κ2) is 6.01. The second-order valence-corrected chi connectivity index (χ2v) is 4.92. The van der Waals surface area contributed by atoms with Crippen LogP contribution in [0, 0.1) is 11.6 Å². The van der Waals surface area contributed by atoms with E-state index >= 15 is 0 Å². The van der Waals surface area contributed by atoms with Gasteiger partial charge in [0.15, 0.2) is 11.6 Å². The van der Waals surface area contributed by atoms with E-state index in [9.17, 15) is 13.9 Å². The van der Waals surface area contributed by atoms with Crippen LogP contribution < -0.4 is 4.90 Å². The summed E-state index contributed by atoms with van der Waals surface area (Å²) in [5.74, 6) is -1.79. The van der Waals surface area contributed by atoms with Crippen molar-refractivity contribution in [1.29, 1.82) is 0 Å². The smallest absolute Gasteiger partial charge is 0.162 e. The van der Waals surface area contributed by atoms with Crippen LogP contribution in [0.2, 0.25) is 0 Å². The molecule has 0 bridgehead atoms. The number of nitrogens with zero attached hydrogens (tertiary/aromatic N) is 1. The molecular weight excluding hydrogens is 260 g/mol. The minimum atomic E-state index is -0.893. The fraction of sp³-hybridized carbons (Fsp3) is 0.250. The molecule has 0 radical (unpaired) electrons. The molecule has 0 fully saturated rings. The zero-order valence-electron chi connectivity index (χ0n) is 11.5. The highest BCUT2D eigenvalue weighted by Gasteiger charge is 2.14. The van der Waals surface area contributed by atoms with Gasteiger partial charge in [0, 0.05) is 26.2 Å². The first-order valence-electron chi connectivity index (χ1n) is 6.37. The van der Waals surface area contributed by atoms with Gasteiger partial charge in [-0.1, -0.05) is 24.3 Å². The third kappa shape index (κ3) is 3.14. The fourth-order valence-corrected chi connectivity index (χ4v) is 2.04. The summed E-state index contributed by atoms with van der Waals surface area (Å²) in [6.07, 6.45) is -0.827. The molecule has 0 aliphatic rings. The summed E-state index contributed by atoms with van der Waals surface area (Å²) in [4.78, 5) is 1.92. The number of hydrogen-bond acceptors (Lipinski definition) is 2. The molecule has 0 aromatic heterocycles. The van der Waals surface area contributed by atoms with Gasteiger partial charge in [-0.2, -0.15) is 0 Å². The summed E-state index contributed by atoms with van der Waals surface area (Å²) in [6, 6.07) is 11.3. The summed E-state index contributed by atoms with van der Waals surface area (Å²) < 4.78 is 26.7. The molecule has 4 heteroatoms. The van der Waals surface area contributed by atoms with Crippen LogP contribution in [-0.4, -0.2) is 19.2 Å². The summed E-state index contributed by atoms with van der Waals surface area (Å²) in [7, 11) is 3.80. The largest absolute Gasteiger partial charge is 0.388 e. The van der Waals surface area contributed by atoms with Crippen molar-refractivity contribution in [3.63, 3.8) is 0 Å². The van der Waals surface area contributed by atoms with E-state index in [4.69, 9.17) is 0 Å². The summed E-state index contributed by atoms with van der Waals surface area (Å²) in [5.41, 5.74) is 1.80. The van der Waals surface area contributed by atoms with Gasteiger partial charge >= 0.3 is 0 Å². The lowest BCUT2D eigenvalue weighted by atomic mass is 10.0. The minimum Gasteiger partial charge on any atom is -0.388 e. The van der Waals surface area contributed by atoms with Crippen LogP contribution >= 0.6 is 0 Å². The van der Waals surface area contributed by atoms with Crippen LogP contribution in [0.25, 0.3) is 0 Å². The lowest BCUT2D eigenvalue weighted by Gasteiger charge is -2.16. The van der Waals surface area contributed by atoms with Crippen molar-refractivity contribution in [2.24, 2.45) is 0 Å². The Hall–Kier alpha value is -1.94. The van der Waals surface area contributed by atoms with Gasteiger partial charge in [0.1, 0.15) is 0 Å². The first kappa shape index (κ1) is 14.5. The Morgan fingerprint density at radius 3 is 2.50 bits per heavy atom. The van der Waals surface area contributed by atoms with Gasteiger partial charge in [0.2, 0.25) is 0 Å². The monoisotopic (exact) mass is 277 g/mol. The lowest BCUT2D eigenvalue weighted by molar-refractivity contribution is 0.177. The molecule has 1 atom stereocenters. The van der Waals surface area contributed by atoms with Gasteiger partial charge in [-0.25, -0.2) is 8.78 Å². The summed E-state index contributed by atoms with van der Waals surface area (Å²) >= 11 is 0. The highest BCUT2D eigenvalue weighted by atomic mass is 19.2. The van der Waals surface area contributed by atoms with E-state index in [1.165, 1.54) is 12.1 Å². The molecule has 2 rings (SSSR count). The van der Waals surface area contributed by atoms with Crippen LogP contribution in [0.1, 0.15) is 17.2 Å². The number of hydrogen-bond donors (Lipinski definition) is 1. The van der Waals surface area contributed by atoms with E-state index in [-0.39, 0.29) is 12.0 Å². The van der Waals surface area contributed by atoms with E-state index in [0.29, 0.717) is 5.56 Å². The molecule has 20 heavy (non-hydrogen) atoms. The van der Waals surface area contributed by atoms with Gasteiger partial charge in [-0.3, -0.25) is 0 Å². The van der Waals surface area contributed by atoms with Crippen molar-refractivity contribution in [3.05, 3.63) is 65.2 Å². The van der Waals surface area contributed by atoms with E-state index in [2.05, 4.69) is 0 Å². The highest BCUT2D eigenvalue weighted by Crippen LogP contribution is 2.24. The Bertz CT molecular complexity index is 599. The molecule has 0 spiro atoms. The molecule has 1 unspecified atom stereocenters. The van der Waals surface area contributed by atoms with Gasteiger partial charge in [-0.15, -0.1) is 0 Å². The van der Waals surface area contributed by atoms with Crippen LogP contribution in [0.3, 0.4) is 0 Å². The molecule has 0 aliphatic heterocycles. The van der Waals surface area contributed by atoms with E-state index < -0.39 is 17.7 Å². The maximum atomic E-state index is 13.6. The molecule has 0 saturated carbocycles. The third-order valence-electron chi connectivity index (χ3n) is 3.22. The summed E-state index contributed by atoms with van der Waals surface area (Å²) in [6.45, 7) is 0. The molecule has 0 amide bonds. The van der Waals surface area contributed by atoms with Crippen molar-refractivity contribution < 1.29 is 13.9 Å². The van der Waals surface area contributed by atoms with Crippen LogP contribution in [0.4, 0.5) is 14.5 Å². The van der Waals surface area contributed by atoms with E-state index in [1.807, 2.05) is 37.2 Å². The highest BCUT2D eigenvalue weighted by molar-refractivity contribution is 5.47. The van der Waals surface area contributed by atoms with Crippen molar-refractivity contribution in [2.45, 2.75) is 12.5 Å². The number of benzene rings is 2. The maximum Gasteiger partial charge on any atom is 0.162 e. The maximum absolute atomic E-state index is 13.6. The Labute approximate surface area is 117 Å². The van der Waals surface area contributed by atoms with E-state index in [0.717, 1.165) is 11.8 Å². The average Bonchev–Trinajstić information content (AvgIpc) is 2.44. The van der Waals surface area contributed by atoms with Crippen LogP contribution in [-0.2, 0) is 6.42 Å². The van der Waals surface area contributed by atoms with Gasteiger partial charge in [0.25, 0.3) is 0 Å². The second-order valence-electron chi connectivity index (χ2n) is 4.92. The normalized spacial score (nSPS) is 12.2. The minimum absolute atomic E-state index is 0.0421. The number of aliphatic hydroxyl groups is 1. The van der Waals surface area contributed by atoms with Crippen molar-refractivity contribution >= 4 is 5.69 Å². The predicted molar refractivity (Wildman–Crippen MR) is 75.8 cm³/mol. The van der Waals surface area contributed by atoms with Crippen molar-refractivity contribution in [3.8, 4) is 0 Å². The van der Waals surface area contributed by atoms with Crippen molar-refractivity contribution in [2.75, 3.05) is 19.0 Å². The van der Waals surface area contributed by atoms with Crippen LogP contribution in [0.15, 0.2) is 42.5 Å². The number of anilines is 1. The summed E-state index contributed by atoms with van der Waals surface area (Å²) in [5, 5.41) is 10.2. The first-order chi connectivity index (χ1) is 9.49. The van der Waals surface area contributed by atoms with Crippen LogP contribution in [0.5, 0.6) is 0 Å². The number of rotatable bonds is 4. The fourth-order valence-electron chi connectivity index (χ4n) is 2.04. The number of halogens is 2. The molecule has 2 aromatic carbocycles. The topological polar surface area (TPSA) is 23.5 Å². The Morgan fingerprint density at radius 1 is 1.10 bits per heavy atom. The molecule has 0 aliphatic carbocycles. The number of aliphatic hydroxyl groups excluding tert-OH is 1. The molecule has 0 heterocycles. The quantitative estimate of drug-likeness (QED) is 0.927. The van der Waals surface area contributed by atoms with Gasteiger partial charge in [0.05, 0.1) is 6.10 Å². The average molecular weight is 277 g/mol. The standard InChI is InChI=1S/C16H17F2NO/c1-19(2)13-7-3-5-11(9-13)15(20)10-12-6-4-8-14(17)16(12)18/h3-9,15,20H,10H2,1-2H3. The molecular formula is C16H17F2NO. The Kier molecular flexibility index (Phi) is 4.35. The lowest BCUT2D eigenvalue weighted by Crippen LogP contribution is -2.10. The van der Waals surface area contributed by atoms with Gasteiger partial charge < -0.3 is 10.0 Å². The molecule has 0 saturated heterocycles. The SMILES string of the molecule is CN(C)c1cccc(C(O)Cc2cccc(F)c2F)c1. The zero-order valence-corrected chi connectivity index (χ0v) is 11.5. The Balaban J connectivity index is 2.21. The van der Waals surface area contributed by atoms with Gasteiger partial charge in [-0.05, 0) is 29.3 Å². The van der Waals surface area contributed by atoms with E-state index in [1.54, 1.807) is 6.07 Å². The molecule has 1 N–H and O–H groups in total. The van der Waals surface area contributed by atoms with Crippen molar-refractivity contribution in [1.82, 2.24) is 0 Å². The molecule has 2 aromatic rings. The molecule has 2 nitrogen and oxygen atoms in total.